The molecule has 0 aromatic heterocycles. The van der Waals surface area contributed by atoms with Crippen LogP contribution in [-0.4, -0.2) is 32.6 Å². The Kier molecular flexibility index (Phi) is 7.11. The number of guanidine groups is 1. The predicted molar refractivity (Wildman–Crippen MR) is 116 cm³/mol. The first-order valence-corrected chi connectivity index (χ1v) is 10.1. The summed E-state index contributed by atoms with van der Waals surface area (Å²) < 4.78 is 6.05. The standard InChI is InChI=1S/C23H30N4O2/c1-16-7-10-20(21(11-16)29-15-17-8-9-17)14-27-23(25-3)26-13-18-5-4-6-19(12-18)22(28)24-2/h4-7,10-12,17H,8-9,13-15H2,1-3H3,(H,24,28)(H2,25,26,27). The molecule has 1 fully saturated rings. The summed E-state index contributed by atoms with van der Waals surface area (Å²) >= 11 is 0. The maximum absolute atomic E-state index is 11.8. The smallest absolute Gasteiger partial charge is 0.251 e. The Morgan fingerprint density at radius 3 is 2.66 bits per heavy atom. The van der Waals surface area contributed by atoms with Crippen molar-refractivity contribution in [3.8, 4) is 5.75 Å². The lowest BCUT2D eigenvalue weighted by molar-refractivity contribution is 0.0963. The zero-order chi connectivity index (χ0) is 20.6. The van der Waals surface area contributed by atoms with Gasteiger partial charge in [0.2, 0.25) is 0 Å². The molecule has 0 bridgehead atoms. The third-order valence-electron chi connectivity index (χ3n) is 4.94. The highest BCUT2D eigenvalue weighted by atomic mass is 16.5. The van der Waals surface area contributed by atoms with E-state index in [0.717, 1.165) is 29.4 Å². The second-order valence-corrected chi connectivity index (χ2v) is 7.42. The lowest BCUT2D eigenvalue weighted by atomic mass is 10.1. The van der Waals surface area contributed by atoms with Crippen LogP contribution in [0.15, 0.2) is 47.5 Å². The number of carbonyl (C=O) groups is 1. The van der Waals surface area contributed by atoms with Crippen molar-refractivity contribution in [3.63, 3.8) is 0 Å². The quantitative estimate of drug-likeness (QED) is 0.475. The van der Waals surface area contributed by atoms with Crippen molar-refractivity contribution in [1.29, 1.82) is 0 Å². The number of amides is 1. The minimum atomic E-state index is -0.0903. The summed E-state index contributed by atoms with van der Waals surface area (Å²) in [5.74, 6) is 2.27. The molecule has 0 aliphatic heterocycles. The molecular weight excluding hydrogens is 364 g/mol. The van der Waals surface area contributed by atoms with Gasteiger partial charge in [0.25, 0.3) is 5.91 Å². The maximum Gasteiger partial charge on any atom is 0.251 e. The molecule has 3 N–H and O–H groups in total. The molecule has 1 aliphatic rings. The molecule has 154 valence electrons. The minimum absolute atomic E-state index is 0.0903. The van der Waals surface area contributed by atoms with Gasteiger partial charge in [0.1, 0.15) is 5.75 Å². The van der Waals surface area contributed by atoms with Gasteiger partial charge >= 0.3 is 0 Å². The Bertz CT molecular complexity index is 875. The number of rotatable bonds is 8. The van der Waals surface area contributed by atoms with Gasteiger partial charge in [-0.2, -0.15) is 0 Å². The predicted octanol–water partition coefficient (Wildman–Crippen LogP) is 3.01. The summed E-state index contributed by atoms with van der Waals surface area (Å²) in [5.41, 5.74) is 3.96. The lowest BCUT2D eigenvalue weighted by Crippen LogP contribution is -2.36. The summed E-state index contributed by atoms with van der Waals surface area (Å²) in [6, 6.07) is 13.8. The van der Waals surface area contributed by atoms with Crippen LogP contribution in [0.25, 0.3) is 0 Å². The van der Waals surface area contributed by atoms with Gasteiger partial charge in [0.05, 0.1) is 6.61 Å². The molecule has 1 amide bonds. The third kappa shape index (κ3) is 6.24. The van der Waals surface area contributed by atoms with Crippen molar-refractivity contribution < 1.29 is 9.53 Å². The van der Waals surface area contributed by atoms with Crippen molar-refractivity contribution in [1.82, 2.24) is 16.0 Å². The topological polar surface area (TPSA) is 74.8 Å². The maximum atomic E-state index is 11.8. The van der Waals surface area contributed by atoms with Gasteiger partial charge in [-0.3, -0.25) is 9.79 Å². The van der Waals surface area contributed by atoms with Gasteiger partial charge in [-0.1, -0.05) is 24.3 Å². The number of nitrogens with one attached hydrogen (secondary N) is 3. The van der Waals surface area contributed by atoms with Crippen LogP contribution in [0.4, 0.5) is 0 Å². The molecule has 0 unspecified atom stereocenters. The van der Waals surface area contributed by atoms with Crippen LogP contribution in [0.2, 0.25) is 0 Å². The summed E-state index contributed by atoms with van der Waals surface area (Å²) in [6.07, 6.45) is 2.55. The van der Waals surface area contributed by atoms with Gasteiger partial charge in [-0.15, -0.1) is 0 Å². The van der Waals surface area contributed by atoms with Crippen LogP contribution in [0.3, 0.4) is 0 Å². The van der Waals surface area contributed by atoms with Crippen LogP contribution >= 0.6 is 0 Å². The number of benzene rings is 2. The Morgan fingerprint density at radius 2 is 1.93 bits per heavy atom. The van der Waals surface area contributed by atoms with Crippen LogP contribution < -0.4 is 20.7 Å². The second kappa shape index (κ2) is 9.96. The van der Waals surface area contributed by atoms with E-state index in [1.54, 1.807) is 20.2 Å². The summed E-state index contributed by atoms with van der Waals surface area (Å²) in [4.78, 5) is 16.1. The summed E-state index contributed by atoms with van der Waals surface area (Å²) in [7, 11) is 3.38. The fourth-order valence-corrected chi connectivity index (χ4v) is 2.99. The van der Waals surface area contributed by atoms with E-state index in [9.17, 15) is 4.79 Å². The second-order valence-electron chi connectivity index (χ2n) is 7.42. The van der Waals surface area contributed by atoms with Crippen LogP contribution in [0.1, 0.15) is 39.9 Å². The molecule has 0 radical (unpaired) electrons. The molecular formula is C23H30N4O2. The number of aryl methyl sites for hydroxylation is 1. The Labute approximate surface area is 172 Å². The number of nitrogens with zero attached hydrogens (tertiary/aromatic N) is 1. The van der Waals surface area contributed by atoms with E-state index in [1.807, 2.05) is 18.2 Å². The van der Waals surface area contributed by atoms with E-state index in [-0.39, 0.29) is 5.91 Å². The molecule has 6 heteroatoms. The van der Waals surface area contributed by atoms with E-state index in [0.29, 0.717) is 24.6 Å². The van der Waals surface area contributed by atoms with Crippen LogP contribution in [-0.2, 0) is 13.1 Å². The number of hydrogen-bond donors (Lipinski definition) is 3. The summed E-state index contributed by atoms with van der Waals surface area (Å²) in [6.45, 7) is 4.07. The van der Waals surface area contributed by atoms with Crippen molar-refractivity contribution >= 4 is 11.9 Å². The Hall–Kier alpha value is -3.02. The fourth-order valence-electron chi connectivity index (χ4n) is 2.99. The van der Waals surface area contributed by atoms with E-state index >= 15 is 0 Å². The zero-order valence-electron chi connectivity index (χ0n) is 17.4. The Balaban J connectivity index is 1.56. The fraction of sp³-hybridized carbons (Fsp3) is 0.391. The molecule has 2 aromatic carbocycles. The minimum Gasteiger partial charge on any atom is -0.493 e. The number of hydrogen-bond acceptors (Lipinski definition) is 3. The van der Waals surface area contributed by atoms with Gasteiger partial charge in [0.15, 0.2) is 5.96 Å². The number of ether oxygens (including phenoxy) is 1. The normalized spacial score (nSPS) is 13.7. The van der Waals surface area contributed by atoms with Gasteiger partial charge in [0, 0.05) is 38.3 Å². The first kappa shape index (κ1) is 20.7. The first-order valence-electron chi connectivity index (χ1n) is 10.1. The van der Waals surface area contributed by atoms with Crippen molar-refractivity contribution in [2.45, 2.75) is 32.9 Å². The van der Waals surface area contributed by atoms with Crippen LogP contribution in [0, 0.1) is 12.8 Å². The van der Waals surface area contributed by atoms with E-state index in [1.165, 1.54) is 18.4 Å². The van der Waals surface area contributed by atoms with Crippen molar-refractivity contribution in [2.24, 2.45) is 10.9 Å². The van der Waals surface area contributed by atoms with Crippen LogP contribution in [0.5, 0.6) is 5.75 Å². The third-order valence-corrected chi connectivity index (χ3v) is 4.94. The average molecular weight is 395 g/mol. The average Bonchev–Trinajstić information content (AvgIpc) is 3.57. The monoisotopic (exact) mass is 394 g/mol. The zero-order valence-corrected chi connectivity index (χ0v) is 17.4. The highest BCUT2D eigenvalue weighted by molar-refractivity contribution is 5.94. The first-order chi connectivity index (χ1) is 14.1. The van der Waals surface area contributed by atoms with E-state index < -0.39 is 0 Å². The molecule has 0 atom stereocenters. The van der Waals surface area contributed by atoms with Gasteiger partial charge in [-0.25, -0.2) is 0 Å². The van der Waals surface area contributed by atoms with Crippen molar-refractivity contribution in [2.75, 3.05) is 20.7 Å². The highest BCUT2D eigenvalue weighted by Crippen LogP contribution is 2.30. The molecule has 1 aliphatic carbocycles. The molecule has 3 rings (SSSR count). The van der Waals surface area contributed by atoms with E-state index in [2.05, 4.69) is 46.1 Å². The molecule has 0 saturated heterocycles. The molecule has 6 nitrogen and oxygen atoms in total. The molecule has 1 saturated carbocycles. The van der Waals surface area contributed by atoms with Gasteiger partial charge in [-0.05, 0) is 55.0 Å². The lowest BCUT2D eigenvalue weighted by Gasteiger charge is -2.15. The Morgan fingerprint density at radius 1 is 1.14 bits per heavy atom. The number of aliphatic imine (C=N–C) groups is 1. The SMILES string of the molecule is CN=C(NCc1cccc(C(=O)NC)c1)NCc1ccc(C)cc1OCC1CC1. The molecule has 0 heterocycles. The van der Waals surface area contributed by atoms with E-state index in [4.69, 9.17) is 4.74 Å². The van der Waals surface area contributed by atoms with Gasteiger partial charge < -0.3 is 20.7 Å². The molecule has 2 aromatic rings. The molecule has 29 heavy (non-hydrogen) atoms. The number of carbonyl (C=O) groups excluding carboxylic acids is 1. The van der Waals surface area contributed by atoms with Crippen molar-refractivity contribution in [3.05, 3.63) is 64.7 Å². The molecule has 0 spiro atoms. The highest BCUT2D eigenvalue weighted by Gasteiger charge is 2.22. The summed E-state index contributed by atoms with van der Waals surface area (Å²) in [5, 5.41) is 9.29. The largest absolute Gasteiger partial charge is 0.493 e.